The number of rotatable bonds is 4. The summed E-state index contributed by atoms with van der Waals surface area (Å²) in [4.78, 5) is 12.2. The summed E-state index contributed by atoms with van der Waals surface area (Å²) < 4.78 is 23.8. The van der Waals surface area contributed by atoms with Gasteiger partial charge in [-0.25, -0.2) is 8.42 Å². The Labute approximate surface area is 107 Å². The minimum absolute atomic E-state index is 0.0394. The van der Waals surface area contributed by atoms with E-state index in [2.05, 4.69) is 5.32 Å². The van der Waals surface area contributed by atoms with Crippen LogP contribution < -0.4 is 5.32 Å². The molecule has 1 aliphatic heterocycles. The summed E-state index contributed by atoms with van der Waals surface area (Å²) in [5, 5.41) is 2.60. The fourth-order valence-electron chi connectivity index (χ4n) is 1.79. The summed E-state index contributed by atoms with van der Waals surface area (Å²) in [7, 11) is -3.25. The van der Waals surface area contributed by atoms with Gasteiger partial charge in [0.15, 0.2) is 15.6 Å². The van der Waals surface area contributed by atoms with Crippen LogP contribution in [0.2, 0.25) is 0 Å². The highest BCUT2D eigenvalue weighted by Gasteiger charge is 2.26. The van der Waals surface area contributed by atoms with E-state index in [1.165, 1.54) is 12.1 Å². The molecular formula is C13H17NO3S. The Morgan fingerprint density at radius 1 is 1.22 bits per heavy atom. The fourth-order valence-corrected chi connectivity index (χ4v) is 2.85. The summed E-state index contributed by atoms with van der Waals surface area (Å²) in [6.07, 6.45) is 0. The largest absolute Gasteiger partial charge is 0.315 e. The SMILES string of the molecule is CC(C)S(=O)(=O)c1ccc(C(=O)C2CNC2)cc1. The van der Waals surface area contributed by atoms with Crippen LogP contribution in [0.3, 0.4) is 0 Å². The molecule has 1 heterocycles. The number of nitrogens with one attached hydrogen (secondary N) is 1. The monoisotopic (exact) mass is 267 g/mol. The van der Waals surface area contributed by atoms with E-state index < -0.39 is 15.1 Å². The zero-order valence-corrected chi connectivity index (χ0v) is 11.3. The summed E-state index contributed by atoms with van der Waals surface area (Å²) in [6.45, 7) is 4.72. The van der Waals surface area contributed by atoms with Crippen molar-refractivity contribution < 1.29 is 13.2 Å². The average molecular weight is 267 g/mol. The van der Waals surface area contributed by atoms with E-state index in [-0.39, 0.29) is 16.6 Å². The molecule has 2 rings (SSSR count). The molecule has 1 aliphatic rings. The first kappa shape index (κ1) is 13.2. The van der Waals surface area contributed by atoms with E-state index in [9.17, 15) is 13.2 Å². The summed E-state index contributed by atoms with van der Waals surface area (Å²) in [5.74, 6) is 0.125. The van der Waals surface area contributed by atoms with Crippen molar-refractivity contribution in [3.05, 3.63) is 29.8 Å². The second kappa shape index (κ2) is 4.82. The lowest BCUT2D eigenvalue weighted by atomic mass is 9.93. The highest BCUT2D eigenvalue weighted by atomic mass is 32.2. The van der Waals surface area contributed by atoms with Crippen LogP contribution in [0, 0.1) is 5.92 Å². The molecule has 0 amide bonds. The molecule has 0 spiro atoms. The Kier molecular flexibility index (Phi) is 3.54. The van der Waals surface area contributed by atoms with Crippen molar-refractivity contribution in [2.45, 2.75) is 24.0 Å². The molecule has 0 radical (unpaired) electrons. The third-order valence-corrected chi connectivity index (χ3v) is 5.41. The second-order valence-electron chi connectivity index (χ2n) is 4.84. The van der Waals surface area contributed by atoms with Gasteiger partial charge in [0.05, 0.1) is 10.1 Å². The molecule has 1 N–H and O–H groups in total. The molecule has 0 unspecified atom stereocenters. The molecule has 5 heteroatoms. The predicted octanol–water partition coefficient (Wildman–Crippen LogP) is 1.27. The molecule has 0 aromatic heterocycles. The molecule has 0 bridgehead atoms. The molecule has 0 saturated carbocycles. The number of carbonyl (C=O) groups excluding carboxylic acids is 1. The van der Waals surface area contributed by atoms with E-state index in [1.807, 2.05) is 0 Å². The van der Waals surface area contributed by atoms with Gasteiger partial charge in [-0.3, -0.25) is 4.79 Å². The lowest BCUT2D eigenvalue weighted by Crippen LogP contribution is -2.46. The van der Waals surface area contributed by atoms with Gasteiger partial charge in [0.2, 0.25) is 0 Å². The van der Waals surface area contributed by atoms with Crippen molar-refractivity contribution in [2.24, 2.45) is 5.92 Å². The number of carbonyl (C=O) groups is 1. The molecule has 18 heavy (non-hydrogen) atoms. The lowest BCUT2D eigenvalue weighted by Gasteiger charge is -2.25. The molecule has 1 saturated heterocycles. The molecular weight excluding hydrogens is 250 g/mol. The van der Waals surface area contributed by atoms with Gasteiger partial charge in [-0.15, -0.1) is 0 Å². The van der Waals surface area contributed by atoms with E-state index in [4.69, 9.17) is 0 Å². The Morgan fingerprint density at radius 2 is 1.78 bits per heavy atom. The first-order valence-corrected chi connectivity index (χ1v) is 7.56. The minimum Gasteiger partial charge on any atom is -0.315 e. The average Bonchev–Trinajstić information content (AvgIpc) is 2.26. The van der Waals surface area contributed by atoms with E-state index in [0.717, 1.165) is 0 Å². The van der Waals surface area contributed by atoms with Crippen molar-refractivity contribution in [3.8, 4) is 0 Å². The maximum absolute atomic E-state index is 11.9. The number of ketones is 1. The van der Waals surface area contributed by atoms with Gasteiger partial charge in [-0.2, -0.15) is 0 Å². The Balaban J connectivity index is 2.22. The van der Waals surface area contributed by atoms with Crippen molar-refractivity contribution in [2.75, 3.05) is 13.1 Å². The van der Waals surface area contributed by atoms with Crippen LogP contribution in [-0.4, -0.2) is 32.5 Å². The molecule has 98 valence electrons. The fraction of sp³-hybridized carbons (Fsp3) is 0.462. The second-order valence-corrected chi connectivity index (χ2v) is 7.34. The van der Waals surface area contributed by atoms with Crippen LogP contribution in [0.25, 0.3) is 0 Å². The first-order chi connectivity index (χ1) is 8.43. The van der Waals surface area contributed by atoms with Crippen molar-refractivity contribution >= 4 is 15.6 Å². The van der Waals surface area contributed by atoms with Crippen molar-refractivity contribution in [1.29, 1.82) is 0 Å². The summed E-state index contributed by atoms with van der Waals surface area (Å²) in [5.41, 5.74) is 0.587. The van der Waals surface area contributed by atoms with E-state index >= 15 is 0 Å². The maximum Gasteiger partial charge on any atom is 0.180 e. The number of hydrogen-bond acceptors (Lipinski definition) is 4. The Bertz CT molecular complexity index is 542. The molecule has 4 nitrogen and oxygen atoms in total. The highest BCUT2D eigenvalue weighted by molar-refractivity contribution is 7.92. The Morgan fingerprint density at radius 3 is 2.17 bits per heavy atom. The van der Waals surface area contributed by atoms with Gasteiger partial charge in [-0.05, 0) is 26.0 Å². The van der Waals surface area contributed by atoms with Gasteiger partial charge in [0, 0.05) is 24.6 Å². The minimum atomic E-state index is -3.25. The van der Waals surface area contributed by atoms with Crippen LogP contribution in [0.15, 0.2) is 29.2 Å². The number of sulfone groups is 1. The summed E-state index contributed by atoms with van der Waals surface area (Å²) >= 11 is 0. The highest BCUT2D eigenvalue weighted by Crippen LogP contribution is 2.19. The third kappa shape index (κ3) is 2.33. The molecule has 1 fully saturated rings. The lowest BCUT2D eigenvalue weighted by molar-refractivity contribution is 0.0878. The van der Waals surface area contributed by atoms with Crippen LogP contribution in [-0.2, 0) is 9.84 Å². The van der Waals surface area contributed by atoms with Crippen LogP contribution in [0.1, 0.15) is 24.2 Å². The van der Waals surface area contributed by atoms with Crippen LogP contribution in [0.5, 0.6) is 0 Å². The van der Waals surface area contributed by atoms with Crippen LogP contribution >= 0.6 is 0 Å². The molecule has 1 aromatic carbocycles. The quantitative estimate of drug-likeness (QED) is 0.834. The van der Waals surface area contributed by atoms with Gasteiger partial charge in [0.25, 0.3) is 0 Å². The van der Waals surface area contributed by atoms with Gasteiger partial charge in [0.1, 0.15) is 0 Å². The number of hydrogen-bond donors (Lipinski definition) is 1. The normalized spacial score (nSPS) is 16.6. The number of Topliss-reactive ketones (excluding diaryl/α,β-unsaturated/α-hetero) is 1. The topological polar surface area (TPSA) is 63.2 Å². The zero-order chi connectivity index (χ0) is 13.3. The number of benzene rings is 1. The van der Waals surface area contributed by atoms with E-state index in [1.54, 1.807) is 26.0 Å². The molecule has 0 atom stereocenters. The first-order valence-electron chi connectivity index (χ1n) is 6.02. The standard InChI is InChI=1S/C13H17NO3S/c1-9(2)18(16,17)12-5-3-10(4-6-12)13(15)11-7-14-8-11/h3-6,9,11,14H,7-8H2,1-2H3. The van der Waals surface area contributed by atoms with Crippen LogP contribution in [0.4, 0.5) is 0 Å². The van der Waals surface area contributed by atoms with Crippen molar-refractivity contribution in [3.63, 3.8) is 0 Å². The smallest absolute Gasteiger partial charge is 0.180 e. The van der Waals surface area contributed by atoms with E-state index in [0.29, 0.717) is 18.7 Å². The third-order valence-electron chi connectivity index (χ3n) is 3.24. The van der Waals surface area contributed by atoms with Gasteiger partial charge in [-0.1, -0.05) is 12.1 Å². The van der Waals surface area contributed by atoms with Gasteiger partial charge < -0.3 is 5.32 Å². The summed E-state index contributed by atoms with van der Waals surface area (Å²) in [6, 6.07) is 6.26. The molecule has 1 aromatic rings. The maximum atomic E-state index is 11.9. The van der Waals surface area contributed by atoms with Gasteiger partial charge >= 0.3 is 0 Å². The Hall–Kier alpha value is -1.20. The zero-order valence-electron chi connectivity index (χ0n) is 10.5. The molecule has 0 aliphatic carbocycles. The predicted molar refractivity (Wildman–Crippen MR) is 69.5 cm³/mol. The van der Waals surface area contributed by atoms with Crippen molar-refractivity contribution in [1.82, 2.24) is 5.32 Å².